The van der Waals surface area contributed by atoms with E-state index in [1.54, 1.807) is 12.1 Å². The number of benzene rings is 2. The lowest BCUT2D eigenvalue weighted by molar-refractivity contribution is -0.695. The molecule has 0 fully saturated rings. The quantitative estimate of drug-likeness (QED) is 0.534. The normalized spacial score (nSPS) is 13.1. The number of fused-ring (bicyclic) bond motifs is 2. The van der Waals surface area contributed by atoms with Crippen LogP contribution in [0.15, 0.2) is 54.6 Å². The van der Waals surface area contributed by atoms with E-state index in [-0.39, 0.29) is 17.6 Å². The number of imidazole rings is 1. The molecule has 1 aliphatic carbocycles. The van der Waals surface area contributed by atoms with Gasteiger partial charge in [0, 0.05) is 18.1 Å². The lowest BCUT2D eigenvalue weighted by atomic mass is 9.89. The Hall–Kier alpha value is -3.01. The van der Waals surface area contributed by atoms with Crippen molar-refractivity contribution < 1.29 is 14.2 Å². The van der Waals surface area contributed by atoms with E-state index in [1.807, 2.05) is 72.4 Å². The monoisotopic (exact) mass is 345 g/mol. The molecule has 0 spiro atoms. The first kappa shape index (κ1) is 16.5. The second-order valence-corrected chi connectivity index (χ2v) is 6.98. The van der Waals surface area contributed by atoms with Crippen LogP contribution in [0.4, 0.5) is 0 Å². The summed E-state index contributed by atoms with van der Waals surface area (Å²) >= 11 is 0. The van der Waals surface area contributed by atoms with E-state index >= 15 is 0 Å². The van der Waals surface area contributed by atoms with Gasteiger partial charge in [0.2, 0.25) is 23.0 Å². The van der Waals surface area contributed by atoms with Gasteiger partial charge in [-0.05, 0) is 19.4 Å². The molecule has 0 radical (unpaired) electrons. The lowest BCUT2D eigenvalue weighted by Crippen LogP contribution is -2.43. The lowest BCUT2D eigenvalue weighted by Gasteiger charge is -2.13. The van der Waals surface area contributed by atoms with E-state index < -0.39 is 0 Å². The number of hydrogen-bond donors (Lipinski definition) is 0. The Morgan fingerprint density at radius 1 is 0.885 bits per heavy atom. The number of hydrogen-bond acceptors (Lipinski definition) is 2. The molecule has 0 bridgehead atoms. The van der Waals surface area contributed by atoms with Gasteiger partial charge >= 0.3 is 0 Å². The number of rotatable bonds is 3. The second kappa shape index (κ2) is 6.06. The number of carbonyl (C=O) groups excluding carboxylic acids is 2. The van der Waals surface area contributed by atoms with Crippen molar-refractivity contribution in [2.75, 3.05) is 0 Å². The fourth-order valence-corrected chi connectivity index (χ4v) is 3.87. The smallest absolute Gasteiger partial charge is 0.254 e. The molecular formula is C22H21N2O2+. The molecule has 2 aromatic carbocycles. The van der Waals surface area contributed by atoms with Gasteiger partial charge in [-0.2, -0.15) is 0 Å². The summed E-state index contributed by atoms with van der Waals surface area (Å²) in [5.41, 5.74) is 3.10. The van der Waals surface area contributed by atoms with Crippen LogP contribution in [0, 0.1) is 6.92 Å². The van der Waals surface area contributed by atoms with Crippen molar-refractivity contribution in [2.45, 2.75) is 33.4 Å². The van der Waals surface area contributed by atoms with Gasteiger partial charge in [0.05, 0.1) is 6.04 Å². The van der Waals surface area contributed by atoms with Crippen LogP contribution in [0.3, 0.4) is 0 Å². The van der Waals surface area contributed by atoms with Crippen molar-refractivity contribution in [3.63, 3.8) is 0 Å². The largest absolute Gasteiger partial charge is 0.284 e. The molecule has 26 heavy (non-hydrogen) atoms. The predicted molar refractivity (Wildman–Crippen MR) is 98.6 cm³/mol. The minimum Gasteiger partial charge on any atom is -0.284 e. The van der Waals surface area contributed by atoms with Crippen LogP contribution in [0.25, 0.3) is 0 Å². The Morgan fingerprint density at radius 2 is 1.46 bits per heavy atom. The van der Waals surface area contributed by atoms with Gasteiger partial charge in [-0.15, -0.1) is 0 Å². The zero-order valence-electron chi connectivity index (χ0n) is 15.2. The fraction of sp³-hybridized carbons (Fsp3) is 0.227. The molecule has 1 aliphatic rings. The van der Waals surface area contributed by atoms with Crippen molar-refractivity contribution in [2.24, 2.45) is 0 Å². The molecule has 0 unspecified atom stereocenters. The molecule has 4 nitrogen and oxygen atoms in total. The maximum atomic E-state index is 13.3. The van der Waals surface area contributed by atoms with Gasteiger partial charge in [0.15, 0.2) is 0 Å². The van der Waals surface area contributed by atoms with E-state index in [0.717, 1.165) is 11.4 Å². The van der Waals surface area contributed by atoms with E-state index in [9.17, 15) is 9.59 Å². The Bertz CT molecular complexity index is 1030. The first-order chi connectivity index (χ1) is 12.5. The molecule has 1 aromatic heterocycles. The van der Waals surface area contributed by atoms with E-state index in [0.29, 0.717) is 29.1 Å². The molecule has 4 rings (SSSR count). The third kappa shape index (κ3) is 2.33. The summed E-state index contributed by atoms with van der Waals surface area (Å²) in [4.78, 5) is 26.5. The highest BCUT2D eigenvalue weighted by atomic mass is 16.1. The van der Waals surface area contributed by atoms with Gasteiger partial charge in [0.1, 0.15) is 6.54 Å². The number of ketones is 2. The molecule has 3 aromatic rings. The maximum absolute atomic E-state index is 13.3. The highest BCUT2D eigenvalue weighted by Gasteiger charge is 2.43. The van der Waals surface area contributed by atoms with Crippen molar-refractivity contribution in [1.82, 2.24) is 4.57 Å². The van der Waals surface area contributed by atoms with Crippen molar-refractivity contribution in [3.8, 4) is 0 Å². The van der Waals surface area contributed by atoms with E-state index in [2.05, 4.69) is 0 Å². The molecule has 0 saturated carbocycles. The average Bonchev–Trinajstić information content (AvgIpc) is 2.94. The molecule has 0 amide bonds. The number of carbonyl (C=O) groups is 2. The Kier molecular flexibility index (Phi) is 3.83. The van der Waals surface area contributed by atoms with E-state index in [4.69, 9.17) is 0 Å². The molecule has 130 valence electrons. The molecule has 0 aliphatic heterocycles. The first-order valence-electron chi connectivity index (χ1n) is 8.87. The van der Waals surface area contributed by atoms with E-state index in [1.165, 1.54) is 0 Å². The minimum absolute atomic E-state index is 0.0705. The summed E-state index contributed by atoms with van der Waals surface area (Å²) < 4.78 is 3.98. The summed E-state index contributed by atoms with van der Waals surface area (Å²) in [6.07, 6.45) is 0. The highest BCUT2D eigenvalue weighted by Crippen LogP contribution is 2.29. The number of nitrogens with zero attached hydrogens (tertiary/aromatic N) is 2. The summed E-state index contributed by atoms with van der Waals surface area (Å²) in [5.74, 6) is 0.774. The molecular weight excluding hydrogens is 324 g/mol. The van der Waals surface area contributed by atoms with Gasteiger partial charge < -0.3 is 0 Å². The standard InChI is InChI=1S/C22H21N2O2/c1-14(2)24-15(3)23(13-16-9-5-4-6-10-16)19-20(24)22(26)18-12-8-7-11-17(18)21(19)25/h4-12,14H,13H2,1-3H3/q+1. The Labute approximate surface area is 152 Å². The average molecular weight is 345 g/mol. The number of aromatic nitrogens is 2. The van der Waals surface area contributed by atoms with Crippen LogP contribution in [-0.4, -0.2) is 16.1 Å². The summed E-state index contributed by atoms with van der Waals surface area (Å²) in [5, 5.41) is 0. The minimum atomic E-state index is -0.0753. The van der Waals surface area contributed by atoms with Gasteiger partial charge in [0.25, 0.3) is 5.82 Å². The molecule has 4 heteroatoms. The molecule has 0 saturated heterocycles. The zero-order chi connectivity index (χ0) is 18.4. The predicted octanol–water partition coefficient (Wildman–Crippen LogP) is 3.49. The summed E-state index contributed by atoms with van der Waals surface area (Å²) in [6, 6.07) is 17.2. The van der Waals surface area contributed by atoms with Crippen LogP contribution < -0.4 is 4.57 Å². The van der Waals surface area contributed by atoms with Crippen LogP contribution in [0.5, 0.6) is 0 Å². The van der Waals surface area contributed by atoms with Crippen LogP contribution in [0.1, 0.15) is 63.4 Å². The second-order valence-electron chi connectivity index (χ2n) is 6.98. The van der Waals surface area contributed by atoms with Crippen molar-refractivity contribution in [1.29, 1.82) is 0 Å². The van der Waals surface area contributed by atoms with Crippen molar-refractivity contribution in [3.05, 3.63) is 88.5 Å². The summed E-state index contributed by atoms with van der Waals surface area (Å²) in [6.45, 7) is 6.62. The SMILES string of the molecule is Cc1n(C(C)C)c2c([n+]1Cc1ccccc1)C(=O)c1ccccc1C2=O. The summed E-state index contributed by atoms with van der Waals surface area (Å²) in [7, 11) is 0. The zero-order valence-corrected chi connectivity index (χ0v) is 15.2. The van der Waals surface area contributed by atoms with Gasteiger partial charge in [-0.25, -0.2) is 9.13 Å². The molecule has 0 N–H and O–H groups in total. The van der Waals surface area contributed by atoms with Crippen molar-refractivity contribution >= 4 is 11.6 Å². The van der Waals surface area contributed by atoms with Crippen LogP contribution >= 0.6 is 0 Å². The van der Waals surface area contributed by atoms with Crippen LogP contribution in [-0.2, 0) is 6.54 Å². The molecule has 0 atom stereocenters. The van der Waals surface area contributed by atoms with Gasteiger partial charge in [-0.1, -0.05) is 54.6 Å². The Morgan fingerprint density at radius 3 is 2.08 bits per heavy atom. The third-order valence-electron chi connectivity index (χ3n) is 5.02. The maximum Gasteiger partial charge on any atom is 0.254 e. The Balaban J connectivity index is 1.98. The molecule has 1 heterocycles. The van der Waals surface area contributed by atoms with Crippen LogP contribution in [0.2, 0.25) is 0 Å². The topological polar surface area (TPSA) is 43.0 Å². The highest BCUT2D eigenvalue weighted by molar-refractivity contribution is 6.26. The van der Waals surface area contributed by atoms with Gasteiger partial charge in [-0.3, -0.25) is 9.59 Å². The fourth-order valence-electron chi connectivity index (χ4n) is 3.87. The first-order valence-corrected chi connectivity index (χ1v) is 8.87. The third-order valence-corrected chi connectivity index (χ3v) is 5.02.